The third-order valence-corrected chi connectivity index (χ3v) is 4.57. The third-order valence-electron chi connectivity index (χ3n) is 4.15. The van der Waals surface area contributed by atoms with E-state index in [0.29, 0.717) is 5.92 Å². The second-order valence-electron chi connectivity index (χ2n) is 5.21. The Hall–Kier alpha value is -0.610. The van der Waals surface area contributed by atoms with E-state index in [4.69, 9.17) is 23.2 Å². The number of aromatic nitrogens is 2. The topological polar surface area (TPSA) is 37.8 Å². The average molecular weight is 290 g/mol. The first-order valence-electron chi connectivity index (χ1n) is 6.28. The van der Waals surface area contributed by atoms with Gasteiger partial charge in [-0.15, -0.1) is 0 Å². The molecular formula is C12H14Cl2FN3. The molecule has 3 aliphatic carbocycles. The van der Waals surface area contributed by atoms with E-state index in [1.54, 1.807) is 0 Å². The maximum atomic E-state index is 13.8. The normalized spacial score (nSPS) is 30.5. The summed E-state index contributed by atoms with van der Waals surface area (Å²) < 4.78 is 13.8. The van der Waals surface area contributed by atoms with Crippen molar-refractivity contribution in [3.8, 4) is 0 Å². The minimum atomic E-state index is -0.609. The molecule has 1 aromatic rings. The molecule has 6 heteroatoms. The molecule has 3 nitrogen and oxygen atoms in total. The van der Waals surface area contributed by atoms with E-state index in [1.165, 1.54) is 25.7 Å². The highest BCUT2D eigenvalue weighted by molar-refractivity contribution is 6.32. The molecule has 0 spiro atoms. The molecule has 18 heavy (non-hydrogen) atoms. The zero-order valence-corrected chi connectivity index (χ0v) is 11.3. The van der Waals surface area contributed by atoms with Crippen LogP contribution in [0.4, 0.5) is 10.2 Å². The van der Waals surface area contributed by atoms with Crippen molar-refractivity contribution in [2.45, 2.75) is 38.1 Å². The number of anilines is 1. The summed E-state index contributed by atoms with van der Waals surface area (Å²) in [6.45, 7) is 0. The maximum absolute atomic E-state index is 13.8. The van der Waals surface area contributed by atoms with Gasteiger partial charge in [-0.25, -0.2) is 4.98 Å². The Bertz CT molecular complexity index is 461. The van der Waals surface area contributed by atoms with Gasteiger partial charge in [0.25, 0.3) is 0 Å². The molecule has 1 aromatic heterocycles. The van der Waals surface area contributed by atoms with Gasteiger partial charge in [0.05, 0.1) is 0 Å². The monoisotopic (exact) mass is 289 g/mol. The zero-order chi connectivity index (χ0) is 12.7. The molecular weight excluding hydrogens is 276 g/mol. The van der Waals surface area contributed by atoms with Gasteiger partial charge in [-0.3, -0.25) is 0 Å². The summed E-state index contributed by atoms with van der Waals surface area (Å²) in [6.07, 6.45) is 6.13. The van der Waals surface area contributed by atoms with Crippen LogP contribution in [0.1, 0.15) is 32.1 Å². The molecule has 1 heterocycles. The highest BCUT2D eigenvalue weighted by Crippen LogP contribution is 2.42. The molecule has 4 rings (SSSR count). The van der Waals surface area contributed by atoms with Crippen LogP contribution in [0.15, 0.2) is 0 Å². The van der Waals surface area contributed by atoms with Crippen molar-refractivity contribution in [3.63, 3.8) is 0 Å². The van der Waals surface area contributed by atoms with Gasteiger partial charge < -0.3 is 5.32 Å². The number of hydrogen-bond donors (Lipinski definition) is 1. The van der Waals surface area contributed by atoms with Crippen molar-refractivity contribution < 1.29 is 4.39 Å². The summed E-state index contributed by atoms with van der Waals surface area (Å²) in [5.74, 6) is 0.908. The molecule has 0 amide bonds. The summed E-state index contributed by atoms with van der Waals surface area (Å²) in [4.78, 5) is 7.47. The number of halogens is 3. The molecule has 3 saturated carbocycles. The molecule has 0 aliphatic heterocycles. The smallest absolute Gasteiger partial charge is 0.225 e. The molecule has 98 valence electrons. The first kappa shape index (κ1) is 12.4. The van der Waals surface area contributed by atoms with E-state index in [0.717, 1.165) is 12.3 Å². The molecule has 3 aliphatic rings. The molecule has 0 aromatic carbocycles. The van der Waals surface area contributed by atoms with Crippen LogP contribution in [0.25, 0.3) is 0 Å². The Morgan fingerprint density at radius 2 is 1.83 bits per heavy atom. The van der Waals surface area contributed by atoms with Crippen molar-refractivity contribution >= 4 is 29.0 Å². The van der Waals surface area contributed by atoms with Gasteiger partial charge >= 0.3 is 0 Å². The average Bonchev–Trinajstić information content (AvgIpc) is 2.37. The molecule has 0 radical (unpaired) electrons. The first-order chi connectivity index (χ1) is 8.63. The zero-order valence-electron chi connectivity index (χ0n) is 9.80. The van der Waals surface area contributed by atoms with Crippen LogP contribution in [0, 0.1) is 17.7 Å². The lowest BCUT2D eigenvalue weighted by atomic mass is 9.68. The largest absolute Gasteiger partial charge is 0.364 e. The second kappa shape index (κ2) is 4.82. The second-order valence-corrected chi connectivity index (χ2v) is 5.91. The van der Waals surface area contributed by atoms with Crippen molar-refractivity contribution in [2.75, 3.05) is 5.32 Å². The minimum absolute atomic E-state index is 0.0233. The number of fused-ring (bicyclic) bond motifs is 3. The predicted octanol–water partition coefficient (Wildman–Crippen LogP) is 3.91. The molecule has 2 bridgehead atoms. The highest BCUT2D eigenvalue weighted by atomic mass is 35.5. The molecule has 1 N–H and O–H groups in total. The Kier molecular flexibility index (Phi) is 3.32. The van der Waals surface area contributed by atoms with Crippen LogP contribution in [-0.2, 0) is 0 Å². The Balaban J connectivity index is 1.80. The van der Waals surface area contributed by atoms with E-state index in [2.05, 4.69) is 15.3 Å². The highest BCUT2D eigenvalue weighted by Gasteiger charge is 2.36. The number of rotatable bonds is 2. The standard InChI is InChI=1S/C12H14Cl2FN3/c13-10-9(15)11(18-12(14)17-10)16-8-5-6-1-3-7(8)4-2-6/h6-8H,1-5H2,(H,16,17,18)/t6?,7?,8-/m0/s1. The van der Waals surface area contributed by atoms with Gasteiger partial charge in [-0.2, -0.15) is 9.37 Å². The lowest BCUT2D eigenvalue weighted by Crippen LogP contribution is -2.40. The summed E-state index contributed by atoms with van der Waals surface area (Å²) in [6, 6.07) is 0.286. The van der Waals surface area contributed by atoms with E-state index >= 15 is 0 Å². The lowest BCUT2D eigenvalue weighted by Gasteiger charge is -2.42. The van der Waals surface area contributed by atoms with E-state index in [-0.39, 0.29) is 22.3 Å². The summed E-state index contributed by atoms with van der Waals surface area (Å²) in [5.41, 5.74) is 0. The number of nitrogens with zero attached hydrogens (tertiary/aromatic N) is 2. The fourth-order valence-electron chi connectivity index (χ4n) is 3.22. The van der Waals surface area contributed by atoms with Crippen molar-refractivity contribution in [1.82, 2.24) is 9.97 Å². The summed E-state index contributed by atoms with van der Waals surface area (Å²) in [7, 11) is 0. The first-order valence-corrected chi connectivity index (χ1v) is 7.04. The minimum Gasteiger partial charge on any atom is -0.364 e. The van der Waals surface area contributed by atoms with Gasteiger partial charge in [0.1, 0.15) is 0 Å². The fourth-order valence-corrected chi connectivity index (χ4v) is 3.60. The third kappa shape index (κ3) is 2.28. The van der Waals surface area contributed by atoms with Gasteiger partial charge in [0.2, 0.25) is 11.1 Å². The van der Waals surface area contributed by atoms with Crippen LogP contribution in [0.5, 0.6) is 0 Å². The number of hydrogen-bond acceptors (Lipinski definition) is 3. The Morgan fingerprint density at radius 3 is 2.44 bits per heavy atom. The van der Waals surface area contributed by atoms with Crippen LogP contribution < -0.4 is 5.32 Å². The Labute approximate surface area is 115 Å². The quantitative estimate of drug-likeness (QED) is 0.663. The van der Waals surface area contributed by atoms with Crippen molar-refractivity contribution in [2.24, 2.45) is 11.8 Å². The Morgan fingerprint density at radius 1 is 1.11 bits per heavy atom. The number of nitrogens with one attached hydrogen (secondary N) is 1. The van der Waals surface area contributed by atoms with Crippen LogP contribution in [0.3, 0.4) is 0 Å². The fraction of sp³-hybridized carbons (Fsp3) is 0.667. The van der Waals surface area contributed by atoms with Crippen LogP contribution in [-0.4, -0.2) is 16.0 Å². The van der Waals surface area contributed by atoms with Gasteiger partial charge in [-0.1, -0.05) is 24.4 Å². The van der Waals surface area contributed by atoms with Gasteiger partial charge in [-0.05, 0) is 42.7 Å². The van der Waals surface area contributed by atoms with E-state index < -0.39 is 5.82 Å². The summed E-state index contributed by atoms with van der Waals surface area (Å²) in [5, 5.41) is 2.92. The molecule has 3 fully saturated rings. The molecule has 0 saturated heterocycles. The predicted molar refractivity (Wildman–Crippen MR) is 69.5 cm³/mol. The van der Waals surface area contributed by atoms with E-state index in [9.17, 15) is 4.39 Å². The van der Waals surface area contributed by atoms with Gasteiger partial charge in [0.15, 0.2) is 11.0 Å². The van der Waals surface area contributed by atoms with Crippen molar-refractivity contribution in [1.29, 1.82) is 0 Å². The molecule has 0 unspecified atom stereocenters. The van der Waals surface area contributed by atoms with Crippen LogP contribution in [0.2, 0.25) is 10.4 Å². The maximum Gasteiger partial charge on any atom is 0.225 e. The van der Waals surface area contributed by atoms with Crippen molar-refractivity contribution in [3.05, 3.63) is 16.3 Å². The lowest BCUT2D eigenvalue weighted by molar-refractivity contribution is 0.157. The summed E-state index contributed by atoms with van der Waals surface area (Å²) >= 11 is 11.4. The van der Waals surface area contributed by atoms with Crippen LogP contribution >= 0.6 is 23.2 Å². The van der Waals surface area contributed by atoms with E-state index in [1.807, 2.05) is 0 Å². The SMILES string of the molecule is Fc1c(Cl)nc(Cl)nc1N[C@H]1CC2CCC1CC2. The molecule has 1 atom stereocenters. The van der Waals surface area contributed by atoms with Gasteiger partial charge in [0, 0.05) is 6.04 Å².